The minimum atomic E-state index is 0.802. The van der Waals surface area contributed by atoms with E-state index in [1.54, 1.807) is 7.11 Å². The molecule has 3 heteroatoms. The second-order valence-electron chi connectivity index (χ2n) is 6.02. The van der Waals surface area contributed by atoms with Crippen LogP contribution in [0.15, 0.2) is 18.2 Å². The molecular formula is C18H30N2O. The van der Waals surface area contributed by atoms with Crippen molar-refractivity contribution in [2.24, 2.45) is 0 Å². The molecule has 118 valence electrons. The van der Waals surface area contributed by atoms with E-state index in [1.165, 1.54) is 43.4 Å². The van der Waals surface area contributed by atoms with Crippen LogP contribution in [0.4, 0.5) is 0 Å². The Balaban J connectivity index is 2.05. The summed E-state index contributed by atoms with van der Waals surface area (Å²) in [6, 6.07) is 7.41. The van der Waals surface area contributed by atoms with Crippen molar-refractivity contribution in [1.29, 1.82) is 0 Å². The molecule has 0 heterocycles. The van der Waals surface area contributed by atoms with E-state index in [-0.39, 0.29) is 0 Å². The zero-order valence-electron chi connectivity index (χ0n) is 13.8. The van der Waals surface area contributed by atoms with E-state index in [2.05, 4.69) is 42.3 Å². The van der Waals surface area contributed by atoms with Gasteiger partial charge in [0.2, 0.25) is 0 Å². The Kier molecular flexibility index (Phi) is 6.52. The quantitative estimate of drug-likeness (QED) is 0.667. The van der Waals surface area contributed by atoms with Crippen molar-refractivity contribution in [3.63, 3.8) is 0 Å². The molecule has 1 N–H and O–H groups in total. The van der Waals surface area contributed by atoms with Gasteiger partial charge in [-0.1, -0.05) is 19.9 Å². The first kappa shape index (κ1) is 16.3. The van der Waals surface area contributed by atoms with Gasteiger partial charge in [0.25, 0.3) is 0 Å². The molecule has 1 fully saturated rings. The molecule has 0 radical (unpaired) electrons. The Labute approximate surface area is 129 Å². The minimum absolute atomic E-state index is 0.802. The molecule has 1 aliphatic rings. The second kappa shape index (κ2) is 8.40. The van der Waals surface area contributed by atoms with E-state index < -0.39 is 0 Å². The summed E-state index contributed by atoms with van der Waals surface area (Å²) in [7, 11) is 1.77. The molecule has 0 saturated heterocycles. The molecule has 1 saturated carbocycles. The normalized spacial score (nSPS) is 14.7. The van der Waals surface area contributed by atoms with Crippen molar-refractivity contribution < 1.29 is 4.74 Å². The fraction of sp³-hybridized carbons (Fsp3) is 0.667. The highest BCUT2D eigenvalue weighted by molar-refractivity contribution is 5.37. The highest BCUT2D eigenvalue weighted by atomic mass is 16.5. The van der Waals surface area contributed by atoms with Gasteiger partial charge in [-0.05, 0) is 56.5 Å². The molecule has 3 nitrogen and oxygen atoms in total. The van der Waals surface area contributed by atoms with Gasteiger partial charge in [-0.2, -0.15) is 0 Å². The van der Waals surface area contributed by atoms with E-state index in [4.69, 9.17) is 4.74 Å². The van der Waals surface area contributed by atoms with E-state index in [0.717, 1.165) is 31.4 Å². The number of methoxy groups -OCH3 is 1. The molecule has 0 spiro atoms. The van der Waals surface area contributed by atoms with Crippen molar-refractivity contribution in [2.75, 3.05) is 20.2 Å². The third kappa shape index (κ3) is 5.01. The van der Waals surface area contributed by atoms with Crippen LogP contribution in [-0.2, 0) is 13.1 Å². The molecule has 0 aliphatic heterocycles. The minimum Gasteiger partial charge on any atom is -0.496 e. The van der Waals surface area contributed by atoms with Gasteiger partial charge in [-0.25, -0.2) is 0 Å². The molecule has 0 bridgehead atoms. The van der Waals surface area contributed by atoms with Gasteiger partial charge in [0.15, 0.2) is 0 Å². The van der Waals surface area contributed by atoms with E-state index in [9.17, 15) is 0 Å². The molecule has 1 aromatic rings. The molecule has 1 aliphatic carbocycles. The van der Waals surface area contributed by atoms with Gasteiger partial charge >= 0.3 is 0 Å². The second-order valence-corrected chi connectivity index (χ2v) is 6.02. The van der Waals surface area contributed by atoms with Gasteiger partial charge in [-0.15, -0.1) is 0 Å². The number of hydrogen-bond donors (Lipinski definition) is 1. The first-order valence-corrected chi connectivity index (χ1v) is 8.39. The third-order valence-corrected chi connectivity index (χ3v) is 4.05. The predicted octanol–water partition coefficient (Wildman–Crippen LogP) is 3.57. The van der Waals surface area contributed by atoms with Crippen LogP contribution < -0.4 is 10.1 Å². The number of nitrogens with zero attached hydrogens (tertiary/aromatic N) is 1. The van der Waals surface area contributed by atoms with E-state index >= 15 is 0 Å². The lowest BCUT2D eigenvalue weighted by Gasteiger charge is -2.23. The summed E-state index contributed by atoms with van der Waals surface area (Å²) in [4.78, 5) is 2.61. The summed E-state index contributed by atoms with van der Waals surface area (Å²) < 4.78 is 5.56. The molecule has 0 aromatic heterocycles. The van der Waals surface area contributed by atoms with Crippen molar-refractivity contribution in [3.8, 4) is 5.75 Å². The summed E-state index contributed by atoms with van der Waals surface area (Å²) in [5, 5.41) is 3.48. The van der Waals surface area contributed by atoms with Crippen LogP contribution in [0.5, 0.6) is 5.75 Å². The number of hydrogen-bond acceptors (Lipinski definition) is 3. The third-order valence-electron chi connectivity index (χ3n) is 4.05. The number of rotatable bonds is 10. The monoisotopic (exact) mass is 290 g/mol. The molecule has 21 heavy (non-hydrogen) atoms. The highest BCUT2D eigenvalue weighted by Crippen LogP contribution is 2.30. The van der Waals surface area contributed by atoms with Crippen LogP contribution in [0.3, 0.4) is 0 Å². The summed E-state index contributed by atoms with van der Waals surface area (Å²) in [5.74, 6) is 1.02. The zero-order valence-corrected chi connectivity index (χ0v) is 13.8. The Hall–Kier alpha value is -1.06. The van der Waals surface area contributed by atoms with Crippen LogP contribution >= 0.6 is 0 Å². The lowest BCUT2D eigenvalue weighted by atomic mass is 10.1. The summed E-state index contributed by atoms with van der Waals surface area (Å²) >= 11 is 0. The summed E-state index contributed by atoms with van der Waals surface area (Å²) in [6.07, 6.45) is 5.12. The highest BCUT2D eigenvalue weighted by Gasteiger charge is 2.28. The lowest BCUT2D eigenvalue weighted by Crippen LogP contribution is -2.26. The van der Waals surface area contributed by atoms with Crippen LogP contribution in [-0.4, -0.2) is 31.1 Å². The smallest absolute Gasteiger partial charge is 0.123 e. The summed E-state index contributed by atoms with van der Waals surface area (Å²) in [6.45, 7) is 8.69. The Bertz CT molecular complexity index is 429. The van der Waals surface area contributed by atoms with Crippen LogP contribution in [0.1, 0.15) is 50.7 Å². The lowest BCUT2D eigenvalue weighted by molar-refractivity contribution is 0.251. The van der Waals surface area contributed by atoms with Crippen LogP contribution in [0, 0.1) is 0 Å². The average molecular weight is 290 g/mol. The largest absolute Gasteiger partial charge is 0.496 e. The number of ether oxygens (including phenoxy) is 1. The molecular weight excluding hydrogens is 260 g/mol. The van der Waals surface area contributed by atoms with Crippen molar-refractivity contribution in [2.45, 2.75) is 58.7 Å². The maximum Gasteiger partial charge on any atom is 0.123 e. The topological polar surface area (TPSA) is 24.5 Å². The fourth-order valence-corrected chi connectivity index (χ4v) is 2.81. The van der Waals surface area contributed by atoms with E-state index in [1.807, 2.05) is 0 Å². The maximum absolute atomic E-state index is 5.56. The van der Waals surface area contributed by atoms with Crippen LogP contribution in [0.2, 0.25) is 0 Å². The molecule has 0 unspecified atom stereocenters. The first-order valence-electron chi connectivity index (χ1n) is 8.39. The Morgan fingerprint density at radius 1 is 1.24 bits per heavy atom. The molecule has 0 atom stereocenters. The van der Waals surface area contributed by atoms with E-state index in [0.29, 0.717) is 0 Å². The molecule has 2 rings (SSSR count). The fourth-order valence-electron chi connectivity index (χ4n) is 2.81. The molecule has 1 aromatic carbocycles. The standard InChI is InChI=1S/C18H30N2O/c1-4-10-19-13-15-6-9-18(21-3)16(12-15)14-20(11-5-2)17-7-8-17/h6,9,12,17,19H,4-5,7-8,10-11,13-14H2,1-3H3. The number of nitrogens with one attached hydrogen (secondary N) is 1. The van der Waals surface area contributed by atoms with Crippen molar-refractivity contribution >= 4 is 0 Å². The van der Waals surface area contributed by atoms with Gasteiger partial charge in [-0.3, -0.25) is 4.90 Å². The molecule has 0 amide bonds. The van der Waals surface area contributed by atoms with Gasteiger partial charge in [0.05, 0.1) is 7.11 Å². The summed E-state index contributed by atoms with van der Waals surface area (Å²) in [5.41, 5.74) is 2.68. The first-order chi connectivity index (χ1) is 10.3. The Morgan fingerprint density at radius 3 is 2.67 bits per heavy atom. The Morgan fingerprint density at radius 2 is 2.05 bits per heavy atom. The van der Waals surface area contributed by atoms with Gasteiger partial charge < -0.3 is 10.1 Å². The number of benzene rings is 1. The van der Waals surface area contributed by atoms with Crippen LogP contribution in [0.25, 0.3) is 0 Å². The average Bonchev–Trinajstić information content (AvgIpc) is 3.32. The van der Waals surface area contributed by atoms with Crippen molar-refractivity contribution in [3.05, 3.63) is 29.3 Å². The SMILES string of the molecule is CCCNCc1ccc(OC)c(CN(CCC)C2CC2)c1. The maximum atomic E-state index is 5.56. The zero-order chi connectivity index (χ0) is 15.1. The predicted molar refractivity (Wildman–Crippen MR) is 88.7 cm³/mol. The van der Waals surface area contributed by atoms with Crippen molar-refractivity contribution in [1.82, 2.24) is 10.2 Å². The van der Waals surface area contributed by atoms with Gasteiger partial charge in [0.1, 0.15) is 5.75 Å². The van der Waals surface area contributed by atoms with Gasteiger partial charge in [0, 0.05) is 24.7 Å².